The van der Waals surface area contributed by atoms with Crippen LogP contribution >= 0.6 is 15.9 Å². The Morgan fingerprint density at radius 1 is 0.581 bits per heavy atom. The number of hydrogen-bond donors (Lipinski definition) is 0. The Labute approximate surface area is 185 Å². The van der Waals surface area contributed by atoms with Crippen LogP contribution in [0.15, 0.2) is 83.3 Å². The van der Waals surface area contributed by atoms with Gasteiger partial charge in [-0.05, 0) is 51.3 Å². The molecule has 0 spiro atoms. The van der Waals surface area contributed by atoms with Gasteiger partial charge < -0.3 is 4.74 Å². The molecule has 0 N–H and O–H groups in total. The maximum Gasteiger partial charge on any atom is 0.173 e. The molecule has 0 amide bonds. The molecular formula is C25H15BrF4O. The summed E-state index contributed by atoms with van der Waals surface area (Å²) < 4.78 is 63.1. The fourth-order valence-electron chi connectivity index (χ4n) is 3.19. The van der Waals surface area contributed by atoms with Crippen molar-refractivity contribution in [3.05, 3.63) is 112 Å². The maximum atomic E-state index is 14.8. The van der Waals surface area contributed by atoms with Crippen LogP contribution in [0.2, 0.25) is 0 Å². The first-order valence-corrected chi connectivity index (χ1v) is 10.1. The molecule has 0 aliphatic rings. The van der Waals surface area contributed by atoms with E-state index in [-0.39, 0.29) is 21.2 Å². The molecule has 0 fully saturated rings. The second-order valence-electron chi connectivity index (χ2n) is 6.81. The highest BCUT2D eigenvalue weighted by atomic mass is 79.9. The Kier molecular flexibility index (Phi) is 6.09. The van der Waals surface area contributed by atoms with E-state index in [4.69, 9.17) is 4.74 Å². The largest absolute Gasteiger partial charge is 0.489 e. The molecule has 6 heteroatoms. The topological polar surface area (TPSA) is 9.23 Å². The summed E-state index contributed by atoms with van der Waals surface area (Å²) in [7, 11) is 0. The van der Waals surface area contributed by atoms with Crippen LogP contribution in [0, 0.1) is 23.3 Å². The second kappa shape index (κ2) is 8.94. The van der Waals surface area contributed by atoms with Gasteiger partial charge in [0.25, 0.3) is 0 Å². The van der Waals surface area contributed by atoms with E-state index in [9.17, 15) is 17.6 Å². The van der Waals surface area contributed by atoms with E-state index in [0.717, 1.165) is 5.56 Å². The zero-order valence-corrected chi connectivity index (χ0v) is 17.6. The molecule has 4 aromatic carbocycles. The van der Waals surface area contributed by atoms with Crippen LogP contribution in [0.4, 0.5) is 17.6 Å². The Morgan fingerprint density at radius 3 is 1.81 bits per heavy atom. The van der Waals surface area contributed by atoms with E-state index >= 15 is 0 Å². The summed E-state index contributed by atoms with van der Waals surface area (Å²) in [5, 5.41) is 0. The smallest absolute Gasteiger partial charge is 0.173 e. The van der Waals surface area contributed by atoms with E-state index in [2.05, 4.69) is 15.9 Å². The summed E-state index contributed by atoms with van der Waals surface area (Å²) in [6, 6.07) is 21.2. The minimum atomic E-state index is -1.25. The Bertz CT molecular complexity index is 1220. The average molecular weight is 487 g/mol. The summed E-state index contributed by atoms with van der Waals surface area (Å²) in [6.07, 6.45) is 0. The van der Waals surface area contributed by atoms with Gasteiger partial charge in [-0.2, -0.15) is 0 Å². The highest BCUT2D eigenvalue weighted by molar-refractivity contribution is 9.10. The molecule has 31 heavy (non-hydrogen) atoms. The highest BCUT2D eigenvalue weighted by Gasteiger charge is 2.20. The van der Waals surface area contributed by atoms with Crippen molar-refractivity contribution in [2.24, 2.45) is 0 Å². The third kappa shape index (κ3) is 4.35. The first-order chi connectivity index (χ1) is 15.0. The van der Waals surface area contributed by atoms with Crippen molar-refractivity contribution in [1.29, 1.82) is 0 Å². The van der Waals surface area contributed by atoms with Crippen LogP contribution in [-0.4, -0.2) is 0 Å². The van der Waals surface area contributed by atoms with Crippen LogP contribution in [0.1, 0.15) is 5.56 Å². The van der Waals surface area contributed by atoms with Gasteiger partial charge in [0.1, 0.15) is 12.4 Å². The predicted molar refractivity (Wildman–Crippen MR) is 116 cm³/mol. The van der Waals surface area contributed by atoms with E-state index < -0.39 is 23.3 Å². The number of halogens is 5. The number of hydrogen-bond acceptors (Lipinski definition) is 1. The Balaban J connectivity index is 1.59. The zero-order chi connectivity index (χ0) is 22.0. The third-order valence-corrected chi connectivity index (χ3v) is 5.43. The van der Waals surface area contributed by atoms with Crippen molar-refractivity contribution in [3.63, 3.8) is 0 Å². The van der Waals surface area contributed by atoms with Crippen molar-refractivity contribution in [2.75, 3.05) is 0 Å². The van der Waals surface area contributed by atoms with E-state index in [0.29, 0.717) is 17.9 Å². The summed E-state index contributed by atoms with van der Waals surface area (Å²) in [6.45, 7) is 0.382. The van der Waals surface area contributed by atoms with Crippen molar-refractivity contribution in [1.82, 2.24) is 0 Å². The lowest BCUT2D eigenvalue weighted by atomic mass is 9.98. The average Bonchev–Trinajstić information content (AvgIpc) is 2.80. The van der Waals surface area contributed by atoms with E-state index in [1.54, 1.807) is 24.3 Å². The van der Waals surface area contributed by atoms with Crippen LogP contribution in [-0.2, 0) is 6.61 Å². The van der Waals surface area contributed by atoms with Gasteiger partial charge in [0.05, 0.1) is 4.47 Å². The molecule has 1 nitrogen and oxygen atoms in total. The van der Waals surface area contributed by atoms with E-state index in [1.165, 1.54) is 24.3 Å². The second-order valence-corrected chi connectivity index (χ2v) is 7.66. The highest BCUT2D eigenvalue weighted by Crippen LogP contribution is 2.35. The molecule has 0 bridgehead atoms. The molecule has 0 aromatic heterocycles. The first kappa shape index (κ1) is 21.1. The molecule has 0 aliphatic carbocycles. The molecule has 4 aromatic rings. The molecular weight excluding hydrogens is 472 g/mol. The lowest BCUT2D eigenvalue weighted by Gasteiger charge is -2.11. The number of rotatable bonds is 5. The van der Waals surface area contributed by atoms with Gasteiger partial charge in [0.2, 0.25) is 0 Å². The van der Waals surface area contributed by atoms with Gasteiger partial charge in [-0.3, -0.25) is 0 Å². The zero-order valence-electron chi connectivity index (χ0n) is 16.0. The fraction of sp³-hybridized carbons (Fsp3) is 0.0400. The predicted octanol–water partition coefficient (Wildman–Crippen LogP) is 7.92. The Morgan fingerprint density at radius 2 is 1.13 bits per heavy atom. The van der Waals surface area contributed by atoms with Crippen LogP contribution < -0.4 is 4.74 Å². The maximum absolute atomic E-state index is 14.8. The molecule has 0 saturated carbocycles. The lowest BCUT2D eigenvalue weighted by Crippen LogP contribution is -1.98. The van der Waals surface area contributed by atoms with Crippen molar-refractivity contribution < 1.29 is 22.3 Å². The summed E-state index contributed by atoms with van der Waals surface area (Å²) in [5.41, 5.74) is 0.736. The SMILES string of the molecule is Fc1c(Br)ccc(-c2ccc(-c3ccc(OCc4ccccc4)cc3)c(F)c2F)c1F. The van der Waals surface area contributed by atoms with Gasteiger partial charge >= 0.3 is 0 Å². The molecule has 0 unspecified atom stereocenters. The summed E-state index contributed by atoms with van der Waals surface area (Å²) in [5.74, 6) is -4.22. The molecule has 4 rings (SSSR count). The van der Waals surface area contributed by atoms with Gasteiger partial charge in [0, 0.05) is 16.7 Å². The van der Waals surface area contributed by atoms with Gasteiger partial charge in [-0.25, -0.2) is 17.6 Å². The van der Waals surface area contributed by atoms with Gasteiger partial charge in [0.15, 0.2) is 23.3 Å². The van der Waals surface area contributed by atoms with Crippen molar-refractivity contribution >= 4 is 15.9 Å². The lowest BCUT2D eigenvalue weighted by molar-refractivity contribution is 0.306. The Hall–Kier alpha value is -3.12. The normalized spacial score (nSPS) is 10.9. The molecule has 156 valence electrons. The third-order valence-electron chi connectivity index (χ3n) is 4.82. The first-order valence-electron chi connectivity index (χ1n) is 9.34. The molecule has 0 saturated heterocycles. The van der Waals surface area contributed by atoms with Crippen LogP contribution in [0.5, 0.6) is 5.75 Å². The van der Waals surface area contributed by atoms with Crippen LogP contribution in [0.3, 0.4) is 0 Å². The summed E-state index contributed by atoms with van der Waals surface area (Å²) >= 11 is 2.86. The quantitative estimate of drug-likeness (QED) is 0.205. The molecule has 0 aliphatic heterocycles. The van der Waals surface area contributed by atoms with E-state index in [1.807, 2.05) is 30.3 Å². The number of benzene rings is 4. The van der Waals surface area contributed by atoms with Gasteiger partial charge in [-0.15, -0.1) is 0 Å². The standard InChI is InChI=1S/C25H15BrF4O/c26-21-13-12-20(24(29)25(21)30)19-11-10-18(22(27)23(19)28)16-6-8-17(9-7-16)31-14-15-4-2-1-3-5-15/h1-13H,14H2. The van der Waals surface area contributed by atoms with Crippen molar-refractivity contribution in [3.8, 4) is 28.0 Å². The minimum Gasteiger partial charge on any atom is -0.489 e. The monoisotopic (exact) mass is 486 g/mol. The van der Waals surface area contributed by atoms with Gasteiger partial charge in [-0.1, -0.05) is 54.6 Å². The number of ether oxygens (including phenoxy) is 1. The summed E-state index contributed by atoms with van der Waals surface area (Å²) in [4.78, 5) is 0. The molecule has 0 atom stereocenters. The molecule has 0 heterocycles. The minimum absolute atomic E-state index is 0.00820. The molecule has 0 radical (unpaired) electrons. The fourth-order valence-corrected chi connectivity index (χ4v) is 3.49. The van der Waals surface area contributed by atoms with Crippen molar-refractivity contribution in [2.45, 2.75) is 6.61 Å². The van der Waals surface area contributed by atoms with Crippen LogP contribution in [0.25, 0.3) is 22.3 Å².